The van der Waals surface area contributed by atoms with Gasteiger partial charge in [0.25, 0.3) is 11.7 Å². The second kappa shape index (κ2) is 10.6. The molecule has 0 radical (unpaired) electrons. The lowest BCUT2D eigenvalue weighted by atomic mass is 9.85. The molecule has 2 N–H and O–H groups in total. The molecule has 1 unspecified atom stereocenters. The summed E-state index contributed by atoms with van der Waals surface area (Å²) in [6.07, 6.45) is 0. The summed E-state index contributed by atoms with van der Waals surface area (Å²) in [5.41, 5.74) is 2.27. The number of Topliss-reactive ketones (excluding diaryl/α,β-unsaturated/α-hetero) is 1. The van der Waals surface area contributed by atoms with Crippen molar-refractivity contribution < 1.29 is 34.1 Å². The fourth-order valence-electron chi connectivity index (χ4n) is 4.63. The van der Waals surface area contributed by atoms with E-state index < -0.39 is 23.7 Å². The Morgan fingerprint density at radius 2 is 1.54 bits per heavy atom. The Hall–Kier alpha value is -4.59. The Balaban J connectivity index is 1.89. The molecule has 1 saturated heterocycles. The van der Waals surface area contributed by atoms with Gasteiger partial charge in [0.1, 0.15) is 17.3 Å². The third kappa shape index (κ3) is 5.36. The molecule has 4 rings (SSSR count). The number of likely N-dealkylation sites (tertiary alicyclic amines) is 1. The lowest BCUT2D eigenvalue weighted by Gasteiger charge is -2.26. The van der Waals surface area contributed by atoms with Crippen molar-refractivity contribution in [2.24, 2.45) is 0 Å². The number of hydrogen-bond donors (Lipinski definition) is 2. The van der Waals surface area contributed by atoms with Crippen molar-refractivity contribution in [3.05, 3.63) is 100 Å². The average molecular weight is 530 g/mol. The Labute approximate surface area is 227 Å². The Morgan fingerprint density at radius 3 is 2.08 bits per heavy atom. The van der Waals surface area contributed by atoms with Crippen LogP contribution in [0.5, 0.6) is 11.5 Å². The van der Waals surface area contributed by atoms with E-state index in [1.54, 1.807) is 48.5 Å². The maximum Gasteiger partial charge on any atom is 0.335 e. The van der Waals surface area contributed by atoms with Crippen LogP contribution in [-0.4, -0.2) is 47.0 Å². The summed E-state index contributed by atoms with van der Waals surface area (Å²) in [6, 6.07) is 17.5. The van der Waals surface area contributed by atoms with Crippen LogP contribution in [0.4, 0.5) is 0 Å². The van der Waals surface area contributed by atoms with E-state index in [2.05, 4.69) is 0 Å². The molecule has 8 nitrogen and oxygen atoms in total. The maximum atomic E-state index is 13.5. The van der Waals surface area contributed by atoms with Crippen LogP contribution in [0.1, 0.15) is 59.4 Å². The zero-order chi connectivity index (χ0) is 28.5. The van der Waals surface area contributed by atoms with Gasteiger partial charge in [0, 0.05) is 6.54 Å². The molecule has 1 aliphatic heterocycles. The second-order valence-electron chi connectivity index (χ2n) is 10.4. The quantitative estimate of drug-likeness (QED) is 0.242. The van der Waals surface area contributed by atoms with Gasteiger partial charge in [-0.1, -0.05) is 51.1 Å². The molecule has 1 atom stereocenters. The van der Waals surface area contributed by atoms with Gasteiger partial charge in [0.05, 0.1) is 37.0 Å². The van der Waals surface area contributed by atoms with Gasteiger partial charge < -0.3 is 24.6 Å². The van der Waals surface area contributed by atoms with E-state index in [0.717, 1.165) is 5.56 Å². The van der Waals surface area contributed by atoms with Crippen LogP contribution < -0.4 is 9.47 Å². The van der Waals surface area contributed by atoms with Gasteiger partial charge in [0.2, 0.25) is 0 Å². The minimum absolute atomic E-state index is 0.0249. The van der Waals surface area contributed by atoms with Crippen molar-refractivity contribution in [1.82, 2.24) is 4.90 Å². The van der Waals surface area contributed by atoms with Crippen LogP contribution in [-0.2, 0) is 21.5 Å². The number of aromatic carboxylic acids is 1. The summed E-state index contributed by atoms with van der Waals surface area (Å²) in [7, 11) is 3.01. The first-order valence-electron chi connectivity index (χ1n) is 12.4. The molecular formula is C31H31NO7. The molecule has 1 fully saturated rings. The third-order valence-electron chi connectivity index (χ3n) is 6.85. The van der Waals surface area contributed by atoms with Gasteiger partial charge in [-0.2, -0.15) is 0 Å². The second-order valence-corrected chi connectivity index (χ2v) is 10.4. The fraction of sp³-hybridized carbons (Fsp3) is 0.258. The molecule has 202 valence electrons. The van der Waals surface area contributed by atoms with Gasteiger partial charge in [0.15, 0.2) is 0 Å². The summed E-state index contributed by atoms with van der Waals surface area (Å²) in [4.78, 5) is 39.5. The number of aliphatic hydroxyl groups excluding tert-OH is 1. The molecule has 3 aromatic rings. The van der Waals surface area contributed by atoms with E-state index in [4.69, 9.17) is 9.47 Å². The smallest absolute Gasteiger partial charge is 0.335 e. The number of carbonyl (C=O) groups is 3. The van der Waals surface area contributed by atoms with Crippen LogP contribution >= 0.6 is 0 Å². The molecule has 1 heterocycles. The van der Waals surface area contributed by atoms with Crippen molar-refractivity contribution in [1.29, 1.82) is 0 Å². The van der Waals surface area contributed by atoms with Crippen molar-refractivity contribution in [2.75, 3.05) is 14.2 Å². The van der Waals surface area contributed by atoms with E-state index in [-0.39, 0.29) is 28.9 Å². The average Bonchev–Trinajstić information content (AvgIpc) is 3.17. The predicted molar refractivity (Wildman–Crippen MR) is 146 cm³/mol. The van der Waals surface area contributed by atoms with E-state index in [9.17, 15) is 24.6 Å². The van der Waals surface area contributed by atoms with E-state index >= 15 is 0 Å². The van der Waals surface area contributed by atoms with Crippen LogP contribution in [0.15, 0.2) is 72.3 Å². The molecule has 8 heteroatoms. The molecule has 0 saturated carbocycles. The van der Waals surface area contributed by atoms with Crippen LogP contribution in [0, 0.1) is 0 Å². The molecule has 1 aliphatic rings. The summed E-state index contributed by atoms with van der Waals surface area (Å²) in [5, 5.41) is 20.9. The van der Waals surface area contributed by atoms with Crippen LogP contribution in [0.25, 0.3) is 5.76 Å². The van der Waals surface area contributed by atoms with Crippen LogP contribution in [0.3, 0.4) is 0 Å². The molecule has 0 aromatic heterocycles. The van der Waals surface area contributed by atoms with Gasteiger partial charge in [-0.15, -0.1) is 0 Å². The number of carboxylic acid groups (broad SMARTS) is 1. The lowest BCUT2D eigenvalue weighted by molar-refractivity contribution is -0.140. The summed E-state index contributed by atoms with van der Waals surface area (Å²) in [5.74, 6) is -2.03. The number of ether oxygens (including phenoxy) is 2. The minimum Gasteiger partial charge on any atom is -0.507 e. The van der Waals surface area contributed by atoms with Crippen molar-refractivity contribution in [3.8, 4) is 11.5 Å². The Morgan fingerprint density at radius 1 is 0.897 bits per heavy atom. The number of carboxylic acids is 1. The Kier molecular flexibility index (Phi) is 7.49. The maximum absolute atomic E-state index is 13.5. The number of amides is 1. The number of methoxy groups -OCH3 is 2. The first-order valence-corrected chi connectivity index (χ1v) is 12.4. The summed E-state index contributed by atoms with van der Waals surface area (Å²) >= 11 is 0. The van der Waals surface area contributed by atoms with Crippen molar-refractivity contribution in [3.63, 3.8) is 0 Å². The third-order valence-corrected chi connectivity index (χ3v) is 6.85. The molecule has 39 heavy (non-hydrogen) atoms. The highest BCUT2D eigenvalue weighted by Gasteiger charge is 2.46. The number of benzene rings is 3. The van der Waals surface area contributed by atoms with E-state index in [1.807, 2.05) is 26.8 Å². The normalized spacial score (nSPS) is 16.8. The molecule has 0 spiro atoms. The minimum atomic E-state index is -1.06. The van der Waals surface area contributed by atoms with E-state index in [0.29, 0.717) is 28.2 Å². The molecule has 0 aliphatic carbocycles. The monoisotopic (exact) mass is 529 g/mol. The van der Waals surface area contributed by atoms with Gasteiger partial charge in [-0.25, -0.2) is 4.79 Å². The first kappa shape index (κ1) is 27.4. The first-order chi connectivity index (χ1) is 18.5. The summed E-state index contributed by atoms with van der Waals surface area (Å²) in [6.45, 7) is 6.12. The fourth-order valence-corrected chi connectivity index (χ4v) is 4.63. The topological polar surface area (TPSA) is 113 Å². The highest BCUT2D eigenvalue weighted by atomic mass is 16.5. The predicted octanol–water partition coefficient (Wildman–Crippen LogP) is 5.32. The number of hydrogen-bond acceptors (Lipinski definition) is 6. The van der Waals surface area contributed by atoms with E-state index in [1.165, 1.54) is 31.3 Å². The summed E-state index contributed by atoms with van der Waals surface area (Å²) < 4.78 is 10.8. The lowest BCUT2D eigenvalue weighted by Crippen LogP contribution is -2.29. The highest BCUT2D eigenvalue weighted by molar-refractivity contribution is 6.46. The SMILES string of the molecule is COc1ccc(C2/C(=C(\O)c3cc(C(C)(C)C)ccc3OC)C(=O)C(=O)N2Cc2ccc(C(=O)O)cc2)cc1. The number of aliphatic hydroxyl groups is 1. The molecular weight excluding hydrogens is 498 g/mol. The van der Waals surface area contributed by atoms with Crippen LogP contribution in [0.2, 0.25) is 0 Å². The number of rotatable bonds is 7. The Bertz CT molecular complexity index is 1450. The highest BCUT2D eigenvalue weighted by Crippen LogP contribution is 2.42. The number of carbonyl (C=O) groups excluding carboxylic acids is 2. The van der Waals surface area contributed by atoms with Gasteiger partial charge in [-0.05, 0) is 58.5 Å². The largest absolute Gasteiger partial charge is 0.507 e. The standard InChI is InChI=1S/C31H31NO7/c1-31(2,3)21-12-15-24(39-5)23(16-21)27(33)25-26(19-10-13-22(38-4)14-11-19)32(29(35)28(25)34)17-18-6-8-20(9-7-18)30(36)37/h6-16,26,33H,17H2,1-5H3,(H,36,37)/b27-25+. The molecule has 3 aromatic carbocycles. The molecule has 1 amide bonds. The number of nitrogens with zero attached hydrogens (tertiary/aromatic N) is 1. The van der Waals surface area contributed by atoms with Crippen molar-refractivity contribution in [2.45, 2.75) is 38.8 Å². The molecule has 0 bridgehead atoms. The van der Waals surface area contributed by atoms with Gasteiger partial charge in [-0.3, -0.25) is 9.59 Å². The zero-order valence-electron chi connectivity index (χ0n) is 22.5. The van der Waals surface area contributed by atoms with Crippen molar-refractivity contribution >= 4 is 23.4 Å². The van der Waals surface area contributed by atoms with Gasteiger partial charge >= 0.3 is 5.97 Å². The number of ketones is 1. The zero-order valence-corrected chi connectivity index (χ0v) is 22.5.